The summed E-state index contributed by atoms with van der Waals surface area (Å²) in [5, 5.41) is 8.39. The second-order valence-electron chi connectivity index (χ2n) is 6.21. The van der Waals surface area contributed by atoms with Crippen LogP contribution in [0.4, 0.5) is 17.1 Å². The summed E-state index contributed by atoms with van der Waals surface area (Å²) in [7, 11) is 1.49. The van der Waals surface area contributed by atoms with Gasteiger partial charge in [0.1, 0.15) is 5.75 Å². The van der Waals surface area contributed by atoms with E-state index in [2.05, 4.69) is 16.0 Å². The van der Waals surface area contributed by atoms with Crippen molar-refractivity contribution in [2.24, 2.45) is 0 Å². The van der Waals surface area contributed by atoms with Crippen LogP contribution in [0.2, 0.25) is 0 Å². The molecule has 29 heavy (non-hydrogen) atoms. The highest BCUT2D eigenvalue weighted by Crippen LogP contribution is 2.27. The Morgan fingerprint density at radius 3 is 2.28 bits per heavy atom. The van der Waals surface area contributed by atoms with Crippen LogP contribution in [0.25, 0.3) is 0 Å². The van der Waals surface area contributed by atoms with Crippen molar-refractivity contribution in [3.05, 3.63) is 48.0 Å². The number of ether oxygens (including phenoxy) is 2. The van der Waals surface area contributed by atoms with E-state index in [0.29, 0.717) is 35.0 Å². The van der Waals surface area contributed by atoms with Gasteiger partial charge in [-0.1, -0.05) is 6.92 Å². The molecule has 154 valence electrons. The third kappa shape index (κ3) is 6.84. The van der Waals surface area contributed by atoms with Crippen LogP contribution < -0.4 is 20.7 Å². The number of methoxy groups -OCH3 is 1. The molecule has 3 N–H and O–H groups in total. The van der Waals surface area contributed by atoms with Crippen LogP contribution in [-0.4, -0.2) is 38.0 Å². The number of nitrogens with one attached hydrogen (secondary N) is 3. The SMILES string of the molecule is CCCOC(=O)c1ccc(NCC(=O)Nc2cc(NC(C)=O)ccc2OC)cc1. The summed E-state index contributed by atoms with van der Waals surface area (Å²) < 4.78 is 10.3. The number of hydrogen-bond acceptors (Lipinski definition) is 6. The number of anilines is 3. The van der Waals surface area contributed by atoms with E-state index >= 15 is 0 Å². The molecule has 0 radical (unpaired) electrons. The van der Waals surface area contributed by atoms with Crippen LogP contribution in [0, 0.1) is 0 Å². The molecule has 2 aromatic carbocycles. The predicted octanol–water partition coefficient (Wildman–Crippen LogP) is 3.27. The summed E-state index contributed by atoms with van der Waals surface area (Å²) >= 11 is 0. The van der Waals surface area contributed by atoms with E-state index in [9.17, 15) is 14.4 Å². The van der Waals surface area contributed by atoms with Gasteiger partial charge < -0.3 is 25.4 Å². The molecule has 0 saturated heterocycles. The molecule has 0 aliphatic heterocycles. The summed E-state index contributed by atoms with van der Waals surface area (Å²) in [5.41, 5.74) is 2.13. The highest BCUT2D eigenvalue weighted by Gasteiger charge is 2.10. The standard InChI is InChI=1S/C21H25N3O5/c1-4-11-29-21(27)15-5-7-16(8-6-15)22-13-20(26)24-18-12-17(23-14(2)25)9-10-19(18)28-3/h5-10,12,22H,4,11,13H2,1-3H3,(H,23,25)(H,24,26). The van der Waals surface area contributed by atoms with Crippen LogP contribution in [0.3, 0.4) is 0 Å². The second kappa shape index (κ2) is 10.7. The lowest BCUT2D eigenvalue weighted by molar-refractivity contribution is -0.115. The van der Waals surface area contributed by atoms with Gasteiger partial charge in [-0.2, -0.15) is 0 Å². The first-order valence-corrected chi connectivity index (χ1v) is 9.19. The van der Waals surface area contributed by atoms with Crippen LogP contribution >= 0.6 is 0 Å². The number of esters is 1. The Bertz CT molecular complexity index is 865. The fraction of sp³-hybridized carbons (Fsp3) is 0.286. The van der Waals surface area contributed by atoms with Gasteiger partial charge in [-0.25, -0.2) is 4.79 Å². The lowest BCUT2D eigenvalue weighted by Gasteiger charge is -2.13. The quantitative estimate of drug-likeness (QED) is 0.559. The summed E-state index contributed by atoms with van der Waals surface area (Å²) in [4.78, 5) is 35.3. The van der Waals surface area contributed by atoms with Crippen molar-refractivity contribution in [1.29, 1.82) is 0 Å². The highest BCUT2D eigenvalue weighted by molar-refractivity contribution is 5.97. The van der Waals surface area contributed by atoms with Crippen molar-refractivity contribution < 1.29 is 23.9 Å². The van der Waals surface area contributed by atoms with Gasteiger partial charge in [0.15, 0.2) is 0 Å². The van der Waals surface area contributed by atoms with Crippen LogP contribution in [0.1, 0.15) is 30.6 Å². The normalized spacial score (nSPS) is 10.0. The van der Waals surface area contributed by atoms with Crippen molar-refractivity contribution in [3.63, 3.8) is 0 Å². The average Bonchev–Trinajstić information content (AvgIpc) is 2.70. The Hall–Kier alpha value is -3.55. The summed E-state index contributed by atoms with van der Waals surface area (Å²) in [6.07, 6.45) is 0.763. The molecule has 0 spiro atoms. The molecule has 2 amide bonds. The molecular formula is C21H25N3O5. The van der Waals surface area contributed by atoms with Crippen LogP contribution in [0.15, 0.2) is 42.5 Å². The lowest BCUT2D eigenvalue weighted by Crippen LogP contribution is -2.22. The van der Waals surface area contributed by atoms with Gasteiger partial charge >= 0.3 is 5.97 Å². The third-order valence-electron chi connectivity index (χ3n) is 3.80. The van der Waals surface area contributed by atoms with Gasteiger partial charge in [0.2, 0.25) is 11.8 Å². The summed E-state index contributed by atoms with van der Waals surface area (Å²) in [6, 6.07) is 11.6. The van der Waals surface area contributed by atoms with E-state index in [1.165, 1.54) is 14.0 Å². The van der Waals surface area contributed by atoms with E-state index < -0.39 is 0 Å². The first-order chi connectivity index (χ1) is 13.9. The van der Waals surface area contributed by atoms with Crippen molar-refractivity contribution in [2.45, 2.75) is 20.3 Å². The van der Waals surface area contributed by atoms with E-state index in [1.54, 1.807) is 42.5 Å². The minimum atomic E-state index is -0.373. The van der Waals surface area contributed by atoms with Gasteiger partial charge in [-0.05, 0) is 48.9 Å². The van der Waals surface area contributed by atoms with Crippen LogP contribution in [0.5, 0.6) is 5.75 Å². The Morgan fingerprint density at radius 2 is 1.66 bits per heavy atom. The van der Waals surface area contributed by atoms with Crippen molar-refractivity contribution in [2.75, 3.05) is 36.2 Å². The van der Waals surface area contributed by atoms with Crippen molar-refractivity contribution >= 4 is 34.8 Å². The Labute approximate surface area is 169 Å². The Kier molecular flexibility index (Phi) is 8.02. The first-order valence-electron chi connectivity index (χ1n) is 9.19. The molecule has 2 rings (SSSR count). The van der Waals surface area contributed by atoms with Gasteiger partial charge in [-0.15, -0.1) is 0 Å². The fourth-order valence-corrected chi connectivity index (χ4v) is 2.47. The van der Waals surface area contributed by atoms with E-state index in [-0.39, 0.29) is 24.3 Å². The van der Waals surface area contributed by atoms with E-state index in [1.807, 2.05) is 6.92 Å². The molecule has 0 fully saturated rings. The van der Waals surface area contributed by atoms with Gasteiger partial charge in [0.25, 0.3) is 0 Å². The molecule has 8 nitrogen and oxygen atoms in total. The zero-order valence-corrected chi connectivity index (χ0v) is 16.7. The Balaban J connectivity index is 1.94. The largest absolute Gasteiger partial charge is 0.495 e. The molecule has 0 aliphatic rings. The van der Waals surface area contributed by atoms with Crippen LogP contribution in [-0.2, 0) is 14.3 Å². The number of carbonyl (C=O) groups excluding carboxylic acids is 3. The molecule has 0 heterocycles. The zero-order chi connectivity index (χ0) is 21.2. The minimum Gasteiger partial charge on any atom is -0.495 e. The smallest absolute Gasteiger partial charge is 0.338 e. The molecule has 0 saturated carbocycles. The molecule has 0 unspecified atom stereocenters. The summed E-state index contributed by atoms with van der Waals surface area (Å²) in [6.45, 7) is 3.72. The third-order valence-corrected chi connectivity index (χ3v) is 3.80. The average molecular weight is 399 g/mol. The monoisotopic (exact) mass is 399 g/mol. The van der Waals surface area contributed by atoms with Crippen molar-refractivity contribution in [3.8, 4) is 5.75 Å². The van der Waals surface area contributed by atoms with E-state index in [0.717, 1.165) is 6.42 Å². The second-order valence-corrected chi connectivity index (χ2v) is 6.21. The zero-order valence-electron chi connectivity index (χ0n) is 16.7. The number of carbonyl (C=O) groups is 3. The van der Waals surface area contributed by atoms with Crippen molar-refractivity contribution in [1.82, 2.24) is 0 Å². The minimum absolute atomic E-state index is 0.00709. The molecule has 0 atom stereocenters. The molecule has 2 aromatic rings. The topological polar surface area (TPSA) is 106 Å². The maximum Gasteiger partial charge on any atom is 0.338 e. The van der Waals surface area contributed by atoms with Gasteiger partial charge in [0, 0.05) is 18.3 Å². The molecule has 8 heteroatoms. The molecule has 0 aromatic heterocycles. The molecule has 0 aliphatic carbocycles. The predicted molar refractivity (Wildman–Crippen MR) is 111 cm³/mol. The van der Waals surface area contributed by atoms with Gasteiger partial charge in [-0.3, -0.25) is 9.59 Å². The highest BCUT2D eigenvalue weighted by atomic mass is 16.5. The Morgan fingerprint density at radius 1 is 0.966 bits per heavy atom. The van der Waals surface area contributed by atoms with Gasteiger partial charge in [0.05, 0.1) is 31.5 Å². The molecule has 0 bridgehead atoms. The lowest BCUT2D eigenvalue weighted by atomic mass is 10.2. The maximum atomic E-state index is 12.3. The number of benzene rings is 2. The van der Waals surface area contributed by atoms with E-state index in [4.69, 9.17) is 9.47 Å². The maximum absolute atomic E-state index is 12.3. The molecular weight excluding hydrogens is 374 g/mol. The fourth-order valence-electron chi connectivity index (χ4n) is 2.47. The first kappa shape index (κ1) is 21.7. The summed E-state index contributed by atoms with van der Waals surface area (Å²) in [5.74, 6) is -0.407. The number of amides is 2. The number of rotatable bonds is 9. The number of hydrogen-bond donors (Lipinski definition) is 3.